The van der Waals surface area contributed by atoms with Crippen molar-refractivity contribution in [3.8, 4) is 0 Å². The molecule has 7 heavy (non-hydrogen) atoms. The van der Waals surface area contributed by atoms with Gasteiger partial charge in [-0.25, -0.2) is 0 Å². The Morgan fingerprint density at radius 2 is 2.43 bits per heavy atom. The van der Waals surface area contributed by atoms with E-state index in [0.717, 1.165) is 17.8 Å². The molecule has 0 bridgehead atoms. The molecule has 0 aromatic carbocycles. The molecular formula is C7H10. The molecule has 0 aromatic rings. The van der Waals surface area contributed by atoms with Gasteiger partial charge in [-0.2, -0.15) is 0 Å². The Balaban J connectivity index is 2.18. The number of hydrogen-bond acceptors (Lipinski definition) is 0. The summed E-state index contributed by atoms with van der Waals surface area (Å²) in [4.78, 5) is 0. The summed E-state index contributed by atoms with van der Waals surface area (Å²) in [6.45, 7) is 2.35. The third kappa shape index (κ3) is 0.324. The van der Waals surface area contributed by atoms with Crippen LogP contribution in [0.1, 0.15) is 13.3 Å². The maximum Gasteiger partial charge on any atom is -0.0171 e. The van der Waals surface area contributed by atoms with E-state index in [2.05, 4.69) is 19.1 Å². The first-order chi connectivity index (χ1) is 3.39. The summed E-state index contributed by atoms with van der Waals surface area (Å²) < 4.78 is 0. The Morgan fingerprint density at radius 3 is 2.71 bits per heavy atom. The van der Waals surface area contributed by atoms with Crippen LogP contribution in [-0.4, -0.2) is 0 Å². The van der Waals surface area contributed by atoms with Crippen LogP contribution in [0.3, 0.4) is 0 Å². The summed E-state index contributed by atoms with van der Waals surface area (Å²) in [6, 6.07) is 0. The molecule has 0 aromatic heterocycles. The summed E-state index contributed by atoms with van der Waals surface area (Å²) in [5.41, 5.74) is 0. The monoisotopic (exact) mass is 94.1 g/mol. The Hall–Kier alpha value is -0.260. The zero-order valence-corrected chi connectivity index (χ0v) is 4.59. The zero-order chi connectivity index (χ0) is 4.85. The van der Waals surface area contributed by atoms with E-state index in [0.29, 0.717) is 0 Å². The van der Waals surface area contributed by atoms with Gasteiger partial charge in [-0.3, -0.25) is 0 Å². The molecule has 0 saturated heterocycles. The number of fused-ring (bicyclic) bond motifs is 1. The van der Waals surface area contributed by atoms with Crippen LogP contribution < -0.4 is 0 Å². The first kappa shape index (κ1) is 3.71. The molecular weight excluding hydrogens is 84.1 g/mol. The first-order valence-corrected chi connectivity index (χ1v) is 3.06. The van der Waals surface area contributed by atoms with E-state index in [1.807, 2.05) is 0 Å². The van der Waals surface area contributed by atoms with Crippen LogP contribution in [0.15, 0.2) is 12.2 Å². The van der Waals surface area contributed by atoms with Gasteiger partial charge in [0.25, 0.3) is 0 Å². The lowest BCUT2D eigenvalue weighted by atomic mass is 10.2. The predicted molar refractivity (Wildman–Crippen MR) is 29.9 cm³/mol. The van der Waals surface area contributed by atoms with Crippen molar-refractivity contribution in [1.29, 1.82) is 0 Å². The van der Waals surface area contributed by atoms with Crippen molar-refractivity contribution in [2.45, 2.75) is 13.3 Å². The average Bonchev–Trinajstić information content (AvgIpc) is 2.26. The van der Waals surface area contributed by atoms with Crippen molar-refractivity contribution in [1.82, 2.24) is 0 Å². The summed E-state index contributed by atoms with van der Waals surface area (Å²) in [6.07, 6.45) is 6.05. The van der Waals surface area contributed by atoms with Gasteiger partial charge in [0.2, 0.25) is 0 Å². The van der Waals surface area contributed by atoms with Gasteiger partial charge in [0.05, 0.1) is 0 Å². The second-order valence-corrected chi connectivity index (χ2v) is 2.76. The van der Waals surface area contributed by atoms with Crippen LogP contribution >= 0.6 is 0 Å². The molecule has 0 heteroatoms. The van der Waals surface area contributed by atoms with E-state index in [4.69, 9.17) is 0 Å². The van der Waals surface area contributed by atoms with Crippen LogP contribution in [0.25, 0.3) is 0 Å². The molecule has 0 radical (unpaired) electrons. The zero-order valence-electron chi connectivity index (χ0n) is 4.59. The second-order valence-electron chi connectivity index (χ2n) is 2.76. The normalized spacial score (nSPS) is 54.7. The molecule has 3 atom stereocenters. The Labute approximate surface area is 44.2 Å². The topological polar surface area (TPSA) is 0 Å². The molecule has 0 nitrogen and oxygen atoms in total. The molecule has 2 aliphatic rings. The van der Waals surface area contributed by atoms with E-state index in [1.54, 1.807) is 0 Å². The van der Waals surface area contributed by atoms with Crippen LogP contribution in [0.2, 0.25) is 0 Å². The molecule has 2 rings (SSSR count). The highest BCUT2D eigenvalue weighted by atomic mass is 14.5. The fraction of sp³-hybridized carbons (Fsp3) is 0.714. The van der Waals surface area contributed by atoms with Gasteiger partial charge < -0.3 is 0 Å². The van der Waals surface area contributed by atoms with Gasteiger partial charge in [0.15, 0.2) is 0 Å². The highest BCUT2D eigenvalue weighted by Crippen LogP contribution is 2.52. The Morgan fingerprint density at radius 1 is 1.57 bits per heavy atom. The highest BCUT2D eigenvalue weighted by molar-refractivity contribution is 5.15. The van der Waals surface area contributed by atoms with Crippen molar-refractivity contribution in [3.63, 3.8) is 0 Å². The van der Waals surface area contributed by atoms with Gasteiger partial charge >= 0.3 is 0 Å². The van der Waals surface area contributed by atoms with Crippen LogP contribution in [0.4, 0.5) is 0 Å². The number of rotatable bonds is 0. The van der Waals surface area contributed by atoms with Gasteiger partial charge in [-0.05, 0) is 24.2 Å². The fourth-order valence-corrected chi connectivity index (χ4v) is 1.66. The van der Waals surface area contributed by atoms with Crippen LogP contribution in [-0.2, 0) is 0 Å². The predicted octanol–water partition coefficient (Wildman–Crippen LogP) is 1.83. The lowest BCUT2D eigenvalue weighted by Crippen LogP contribution is -1.70. The molecule has 1 saturated carbocycles. The molecule has 1 fully saturated rings. The fourth-order valence-electron chi connectivity index (χ4n) is 1.66. The van der Waals surface area contributed by atoms with E-state index in [1.165, 1.54) is 6.42 Å². The van der Waals surface area contributed by atoms with Crippen molar-refractivity contribution < 1.29 is 0 Å². The molecule has 38 valence electrons. The molecule has 0 amide bonds. The molecule has 2 aliphatic carbocycles. The van der Waals surface area contributed by atoms with Gasteiger partial charge in [0.1, 0.15) is 0 Å². The minimum absolute atomic E-state index is 1.000. The number of hydrogen-bond donors (Lipinski definition) is 0. The van der Waals surface area contributed by atoms with E-state index in [-0.39, 0.29) is 0 Å². The molecule has 0 heterocycles. The van der Waals surface area contributed by atoms with Crippen molar-refractivity contribution >= 4 is 0 Å². The highest BCUT2D eigenvalue weighted by Gasteiger charge is 2.46. The molecule has 0 aliphatic heterocycles. The van der Waals surface area contributed by atoms with Gasteiger partial charge in [0, 0.05) is 0 Å². The summed E-state index contributed by atoms with van der Waals surface area (Å²) in [5.74, 6) is 3.10. The SMILES string of the molecule is C[C@H]1C2C=CC[C@H]21. The van der Waals surface area contributed by atoms with E-state index >= 15 is 0 Å². The van der Waals surface area contributed by atoms with E-state index in [9.17, 15) is 0 Å². The maximum absolute atomic E-state index is 2.37. The standard InChI is InChI=1S/C7H10/c1-5-6-3-2-4-7(5)6/h2-3,5-7H,4H2,1H3/t5-,6?,7-/m0/s1. The lowest BCUT2D eigenvalue weighted by molar-refractivity contribution is 0.770. The smallest absolute Gasteiger partial charge is 0.0171 e. The minimum atomic E-state index is 1.000. The van der Waals surface area contributed by atoms with E-state index < -0.39 is 0 Å². The first-order valence-electron chi connectivity index (χ1n) is 3.06. The lowest BCUT2D eigenvalue weighted by Gasteiger charge is -1.81. The quantitative estimate of drug-likeness (QED) is 0.402. The van der Waals surface area contributed by atoms with Gasteiger partial charge in [-0.1, -0.05) is 19.1 Å². The Bertz CT molecular complexity index is 113. The summed E-state index contributed by atoms with van der Waals surface area (Å²) >= 11 is 0. The third-order valence-corrected chi connectivity index (χ3v) is 2.40. The summed E-state index contributed by atoms with van der Waals surface area (Å²) in [7, 11) is 0. The molecule has 0 N–H and O–H groups in total. The minimum Gasteiger partial charge on any atom is -0.0879 e. The van der Waals surface area contributed by atoms with Crippen molar-refractivity contribution in [3.05, 3.63) is 12.2 Å². The number of allylic oxidation sites excluding steroid dienone is 2. The molecule has 1 unspecified atom stereocenters. The van der Waals surface area contributed by atoms with Crippen LogP contribution in [0, 0.1) is 17.8 Å². The summed E-state index contributed by atoms with van der Waals surface area (Å²) in [5, 5.41) is 0. The van der Waals surface area contributed by atoms with Crippen LogP contribution in [0.5, 0.6) is 0 Å². The third-order valence-electron chi connectivity index (χ3n) is 2.40. The maximum atomic E-state index is 2.37. The van der Waals surface area contributed by atoms with Crippen molar-refractivity contribution in [2.75, 3.05) is 0 Å². The largest absolute Gasteiger partial charge is 0.0879 e. The Kier molecular flexibility index (Phi) is 0.495. The average molecular weight is 94.2 g/mol. The van der Waals surface area contributed by atoms with Gasteiger partial charge in [-0.15, -0.1) is 0 Å². The van der Waals surface area contributed by atoms with Crippen molar-refractivity contribution in [2.24, 2.45) is 17.8 Å². The molecule has 0 spiro atoms. The second kappa shape index (κ2) is 0.936.